The van der Waals surface area contributed by atoms with Crippen molar-refractivity contribution in [3.63, 3.8) is 0 Å². The van der Waals surface area contributed by atoms with E-state index in [1.54, 1.807) is 25.3 Å². The van der Waals surface area contributed by atoms with Crippen molar-refractivity contribution < 1.29 is 19.0 Å². The number of carbonyl (C=O) groups excluding carboxylic acids is 1. The topological polar surface area (TPSA) is 48.0 Å². The molecule has 1 saturated heterocycles. The lowest BCUT2D eigenvalue weighted by atomic mass is 10.1. The van der Waals surface area contributed by atoms with E-state index in [-0.39, 0.29) is 18.1 Å². The molecule has 1 heterocycles. The summed E-state index contributed by atoms with van der Waals surface area (Å²) in [4.78, 5) is 14.7. The zero-order chi connectivity index (χ0) is 19.4. The van der Waals surface area contributed by atoms with Crippen molar-refractivity contribution in [1.82, 2.24) is 4.90 Å². The highest BCUT2D eigenvalue weighted by Crippen LogP contribution is 2.30. The van der Waals surface area contributed by atoms with Crippen molar-refractivity contribution in [3.05, 3.63) is 58.6 Å². The van der Waals surface area contributed by atoms with Crippen LogP contribution in [0.4, 0.5) is 0 Å². The molecule has 1 fully saturated rings. The molecule has 2 aromatic carbocycles. The minimum absolute atomic E-state index is 0.0258. The van der Waals surface area contributed by atoms with Crippen LogP contribution < -0.4 is 9.47 Å². The number of amides is 1. The maximum Gasteiger partial charge on any atom is 0.254 e. The lowest BCUT2D eigenvalue weighted by molar-refractivity contribution is -0.0586. The first-order chi connectivity index (χ1) is 13.0. The number of hydrogen-bond acceptors (Lipinski definition) is 4. The van der Waals surface area contributed by atoms with Gasteiger partial charge in [0.2, 0.25) is 0 Å². The highest BCUT2D eigenvalue weighted by molar-refractivity contribution is 6.31. The Morgan fingerprint density at radius 2 is 1.85 bits per heavy atom. The Labute approximate surface area is 164 Å². The smallest absolute Gasteiger partial charge is 0.254 e. The van der Waals surface area contributed by atoms with Gasteiger partial charge in [-0.1, -0.05) is 29.8 Å². The lowest BCUT2D eigenvalue weighted by Crippen LogP contribution is -2.48. The number of benzene rings is 2. The van der Waals surface area contributed by atoms with Gasteiger partial charge in [-0.15, -0.1) is 0 Å². The summed E-state index contributed by atoms with van der Waals surface area (Å²) in [6.07, 6.45) is 0.0515. The van der Waals surface area contributed by atoms with Crippen LogP contribution in [0.15, 0.2) is 42.5 Å². The molecule has 3 rings (SSSR count). The van der Waals surface area contributed by atoms with E-state index >= 15 is 0 Å². The maximum atomic E-state index is 12.9. The van der Waals surface area contributed by atoms with Gasteiger partial charge in [-0.05, 0) is 38.1 Å². The second-order valence-corrected chi connectivity index (χ2v) is 7.12. The first kappa shape index (κ1) is 19.5. The number of methoxy groups -OCH3 is 1. The van der Waals surface area contributed by atoms with E-state index in [1.165, 1.54) is 0 Å². The Bertz CT molecular complexity index is 801. The molecule has 0 aliphatic carbocycles. The molecule has 144 valence electrons. The van der Waals surface area contributed by atoms with Crippen molar-refractivity contribution in [1.29, 1.82) is 0 Å². The van der Waals surface area contributed by atoms with Gasteiger partial charge in [-0.2, -0.15) is 0 Å². The molecule has 2 unspecified atom stereocenters. The summed E-state index contributed by atoms with van der Waals surface area (Å²) in [6, 6.07) is 12.8. The fourth-order valence-electron chi connectivity index (χ4n) is 3.22. The largest absolute Gasteiger partial charge is 0.493 e. The van der Waals surface area contributed by atoms with Gasteiger partial charge in [0.15, 0.2) is 11.5 Å². The van der Waals surface area contributed by atoms with Gasteiger partial charge >= 0.3 is 0 Å². The predicted octanol–water partition coefficient (Wildman–Crippen LogP) is 4.18. The molecule has 27 heavy (non-hydrogen) atoms. The minimum atomic E-state index is -0.0343. The molecule has 0 N–H and O–H groups in total. The van der Waals surface area contributed by atoms with Crippen molar-refractivity contribution in [3.8, 4) is 11.5 Å². The van der Waals surface area contributed by atoms with E-state index < -0.39 is 0 Å². The average molecular weight is 390 g/mol. The quantitative estimate of drug-likeness (QED) is 0.769. The fraction of sp³-hybridized carbons (Fsp3) is 0.381. The van der Waals surface area contributed by atoms with E-state index in [0.29, 0.717) is 41.8 Å². The number of morpholine rings is 1. The highest BCUT2D eigenvalue weighted by atomic mass is 35.5. The summed E-state index contributed by atoms with van der Waals surface area (Å²) < 4.78 is 17.0. The van der Waals surface area contributed by atoms with Crippen LogP contribution in [0, 0.1) is 0 Å². The molecule has 2 aromatic rings. The number of ether oxygens (including phenoxy) is 3. The Morgan fingerprint density at radius 1 is 1.15 bits per heavy atom. The number of carbonyl (C=O) groups is 1. The fourth-order valence-corrected chi connectivity index (χ4v) is 3.41. The van der Waals surface area contributed by atoms with E-state index in [0.717, 1.165) is 5.56 Å². The van der Waals surface area contributed by atoms with Crippen LogP contribution in [0.2, 0.25) is 5.02 Å². The second kappa shape index (κ2) is 8.63. The van der Waals surface area contributed by atoms with Gasteiger partial charge in [-0.25, -0.2) is 0 Å². The van der Waals surface area contributed by atoms with E-state index in [1.807, 2.05) is 43.0 Å². The number of rotatable bonds is 5. The normalized spacial score (nSPS) is 19.6. The average Bonchev–Trinajstić information content (AvgIpc) is 2.66. The summed E-state index contributed by atoms with van der Waals surface area (Å²) in [5, 5.41) is 0.652. The molecule has 1 amide bonds. The molecule has 6 heteroatoms. The molecule has 0 bridgehead atoms. The molecule has 0 saturated carbocycles. The molecular weight excluding hydrogens is 366 g/mol. The third-order valence-corrected chi connectivity index (χ3v) is 4.83. The van der Waals surface area contributed by atoms with Gasteiger partial charge in [0.1, 0.15) is 6.61 Å². The molecular formula is C21H24ClNO4. The van der Waals surface area contributed by atoms with Crippen molar-refractivity contribution in [2.75, 3.05) is 20.2 Å². The highest BCUT2D eigenvalue weighted by Gasteiger charge is 2.27. The molecule has 0 aromatic heterocycles. The van der Waals surface area contributed by atoms with Crippen molar-refractivity contribution in [2.45, 2.75) is 32.7 Å². The molecule has 0 spiro atoms. The van der Waals surface area contributed by atoms with Crippen molar-refractivity contribution in [2.24, 2.45) is 0 Å². The van der Waals surface area contributed by atoms with Gasteiger partial charge < -0.3 is 19.1 Å². The number of hydrogen-bond donors (Lipinski definition) is 0. The molecule has 1 aliphatic rings. The lowest BCUT2D eigenvalue weighted by Gasteiger charge is -2.35. The minimum Gasteiger partial charge on any atom is -0.493 e. The van der Waals surface area contributed by atoms with E-state index in [9.17, 15) is 4.79 Å². The number of nitrogens with zero attached hydrogens (tertiary/aromatic N) is 1. The van der Waals surface area contributed by atoms with Gasteiger partial charge in [0, 0.05) is 29.2 Å². The Kier molecular flexibility index (Phi) is 6.24. The van der Waals surface area contributed by atoms with Crippen LogP contribution in [0.25, 0.3) is 0 Å². The van der Waals surface area contributed by atoms with Gasteiger partial charge in [-0.3, -0.25) is 4.79 Å². The second-order valence-electron chi connectivity index (χ2n) is 6.71. The zero-order valence-electron chi connectivity index (χ0n) is 15.8. The van der Waals surface area contributed by atoms with Crippen LogP contribution in [-0.4, -0.2) is 43.2 Å². The van der Waals surface area contributed by atoms with E-state index in [4.69, 9.17) is 25.8 Å². The Morgan fingerprint density at radius 3 is 2.52 bits per heavy atom. The van der Waals surface area contributed by atoms with Crippen molar-refractivity contribution >= 4 is 17.5 Å². The standard InChI is InChI=1S/C21H24ClNO4/c1-14-11-23(12-15(2)27-14)21(24)16-8-9-19(20(10-16)25-3)26-13-17-6-4-5-7-18(17)22/h4-10,14-15H,11-13H2,1-3H3. The van der Waals surface area contributed by atoms with Crippen LogP contribution >= 0.6 is 11.6 Å². The first-order valence-electron chi connectivity index (χ1n) is 8.97. The summed E-state index contributed by atoms with van der Waals surface area (Å²) in [5.41, 5.74) is 1.45. The summed E-state index contributed by atoms with van der Waals surface area (Å²) in [7, 11) is 1.56. The van der Waals surface area contributed by atoms with Crippen LogP contribution in [-0.2, 0) is 11.3 Å². The first-order valence-corrected chi connectivity index (χ1v) is 9.34. The third kappa shape index (κ3) is 4.73. The number of halogens is 1. The van der Waals surface area contributed by atoms with Gasteiger partial charge in [0.25, 0.3) is 5.91 Å². The SMILES string of the molecule is COc1cc(C(=O)N2CC(C)OC(C)C2)ccc1OCc1ccccc1Cl. The maximum absolute atomic E-state index is 12.9. The molecule has 0 radical (unpaired) electrons. The van der Waals surface area contributed by atoms with Crippen LogP contribution in [0.3, 0.4) is 0 Å². The van der Waals surface area contributed by atoms with Gasteiger partial charge in [0.05, 0.1) is 19.3 Å². The summed E-state index contributed by atoms with van der Waals surface area (Å²) >= 11 is 6.17. The summed E-state index contributed by atoms with van der Waals surface area (Å²) in [5.74, 6) is 1.05. The third-order valence-electron chi connectivity index (χ3n) is 4.46. The Hall–Kier alpha value is -2.24. The Balaban J connectivity index is 1.74. The molecule has 2 atom stereocenters. The predicted molar refractivity (Wildman–Crippen MR) is 105 cm³/mol. The van der Waals surface area contributed by atoms with Crippen LogP contribution in [0.5, 0.6) is 11.5 Å². The van der Waals surface area contributed by atoms with Crippen LogP contribution in [0.1, 0.15) is 29.8 Å². The zero-order valence-corrected chi connectivity index (χ0v) is 16.5. The summed E-state index contributed by atoms with van der Waals surface area (Å²) in [6.45, 7) is 5.43. The molecule has 1 aliphatic heterocycles. The van der Waals surface area contributed by atoms with E-state index in [2.05, 4.69) is 0 Å². The monoisotopic (exact) mass is 389 g/mol. The molecule has 5 nitrogen and oxygen atoms in total.